The van der Waals surface area contributed by atoms with Crippen molar-refractivity contribution in [1.29, 1.82) is 0 Å². The molecular formula is C56H40N2O2. The van der Waals surface area contributed by atoms with Gasteiger partial charge in [0.2, 0.25) is 0 Å². The molecule has 13 rings (SSSR count). The SMILES string of the molecule is O=c1c2cc3c(cc2n2c4c(c5ccc(-c6ccccc6)c1c52)CCC(C1=CC=CCC1)=C4)c(=O)c1c(-c2ccccc2)ccc2c4c(n3c21)C=C(C1=CC=CCC1)CC4. The van der Waals surface area contributed by atoms with Crippen LogP contribution in [-0.2, 0) is 12.8 Å². The van der Waals surface area contributed by atoms with E-state index in [0.29, 0.717) is 10.8 Å². The number of pyridine rings is 2. The summed E-state index contributed by atoms with van der Waals surface area (Å²) in [5.41, 5.74) is 17.7. The van der Waals surface area contributed by atoms with Crippen LogP contribution in [0.15, 0.2) is 165 Å². The van der Waals surface area contributed by atoms with Crippen LogP contribution in [0.25, 0.3) is 88.8 Å². The minimum atomic E-state index is 0.00728. The molecule has 0 radical (unpaired) electrons. The van der Waals surface area contributed by atoms with Crippen LogP contribution in [0.4, 0.5) is 0 Å². The predicted octanol–water partition coefficient (Wildman–Crippen LogP) is 12.9. The van der Waals surface area contributed by atoms with E-state index in [4.69, 9.17) is 0 Å². The predicted molar refractivity (Wildman–Crippen MR) is 250 cm³/mol. The Morgan fingerprint density at radius 2 is 0.883 bits per heavy atom. The molecule has 4 aromatic heterocycles. The van der Waals surface area contributed by atoms with E-state index in [1.807, 2.05) is 36.4 Å². The van der Waals surface area contributed by atoms with Crippen molar-refractivity contribution in [3.63, 3.8) is 0 Å². The summed E-state index contributed by atoms with van der Waals surface area (Å²) >= 11 is 0. The molecule has 4 heterocycles. The molecule has 0 saturated heterocycles. The van der Waals surface area contributed by atoms with Crippen LogP contribution in [0, 0.1) is 0 Å². The van der Waals surface area contributed by atoms with Gasteiger partial charge in [0, 0.05) is 21.5 Å². The summed E-state index contributed by atoms with van der Waals surface area (Å²) in [4.78, 5) is 31.1. The summed E-state index contributed by atoms with van der Waals surface area (Å²) in [6.45, 7) is 0. The molecule has 5 aromatic carbocycles. The van der Waals surface area contributed by atoms with E-state index in [2.05, 4.69) is 118 Å². The number of hydrogen-bond acceptors (Lipinski definition) is 2. The molecule has 0 saturated carbocycles. The Bertz CT molecular complexity index is 3420. The fourth-order valence-corrected chi connectivity index (χ4v) is 11.2. The quantitative estimate of drug-likeness (QED) is 0.167. The number of allylic oxidation sites excluding steroid dienone is 10. The molecule has 0 aliphatic heterocycles. The molecule has 0 unspecified atom stereocenters. The molecule has 9 aromatic rings. The molecule has 286 valence electrons. The maximum absolute atomic E-state index is 15.5. The number of fused-ring (bicyclic) bond motifs is 10. The first-order chi connectivity index (χ1) is 29.6. The Kier molecular flexibility index (Phi) is 7.19. The van der Waals surface area contributed by atoms with E-state index in [9.17, 15) is 0 Å². The molecule has 4 aliphatic carbocycles. The Morgan fingerprint density at radius 1 is 0.433 bits per heavy atom. The second-order valence-corrected chi connectivity index (χ2v) is 17.1. The topological polar surface area (TPSA) is 43.0 Å². The minimum absolute atomic E-state index is 0.00728. The van der Waals surface area contributed by atoms with Crippen LogP contribution >= 0.6 is 0 Å². The van der Waals surface area contributed by atoms with E-state index in [-0.39, 0.29) is 10.9 Å². The summed E-state index contributed by atoms with van der Waals surface area (Å²) < 4.78 is 4.69. The van der Waals surface area contributed by atoms with E-state index < -0.39 is 0 Å². The Morgan fingerprint density at radius 3 is 1.30 bits per heavy atom. The lowest BCUT2D eigenvalue weighted by Crippen LogP contribution is -2.13. The second-order valence-electron chi connectivity index (χ2n) is 17.1. The minimum Gasteiger partial charge on any atom is -0.308 e. The first-order valence-electron chi connectivity index (χ1n) is 21.6. The second kappa shape index (κ2) is 12.7. The maximum Gasteiger partial charge on any atom is 0.197 e. The third kappa shape index (κ3) is 4.67. The van der Waals surface area contributed by atoms with Crippen molar-refractivity contribution in [2.75, 3.05) is 0 Å². The molecule has 0 bridgehead atoms. The van der Waals surface area contributed by atoms with Gasteiger partial charge in [-0.25, -0.2) is 0 Å². The zero-order chi connectivity index (χ0) is 39.6. The van der Waals surface area contributed by atoms with E-state index in [0.717, 1.165) is 129 Å². The summed E-state index contributed by atoms with van der Waals surface area (Å²) in [5.74, 6) is 0. The summed E-state index contributed by atoms with van der Waals surface area (Å²) in [7, 11) is 0. The first-order valence-corrected chi connectivity index (χ1v) is 21.6. The molecular weight excluding hydrogens is 733 g/mol. The normalized spacial score (nSPS) is 16.5. The van der Waals surface area contributed by atoms with Gasteiger partial charge < -0.3 is 8.80 Å². The molecule has 0 atom stereocenters. The highest BCUT2D eigenvalue weighted by Crippen LogP contribution is 2.45. The smallest absolute Gasteiger partial charge is 0.197 e. The molecule has 0 fully saturated rings. The fourth-order valence-electron chi connectivity index (χ4n) is 11.2. The van der Waals surface area contributed by atoms with Crippen LogP contribution in [0.3, 0.4) is 0 Å². The van der Waals surface area contributed by atoms with Gasteiger partial charge in [-0.2, -0.15) is 0 Å². The van der Waals surface area contributed by atoms with E-state index >= 15 is 9.59 Å². The van der Waals surface area contributed by atoms with Crippen molar-refractivity contribution < 1.29 is 0 Å². The van der Waals surface area contributed by atoms with Crippen molar-refractivity contribution >= 4 is 66.5 Å². The number of rotatable bonds is 4. The molecule has 60 heavy (non-hydrogen) atoms. The lowest BCUT2D eigenvalue weighted by atomic mass is 9.87. The molecule has 4 aliphatic rings. The van der Waals surface area contributed by atoms with Gasteiger partial charge in [0.15, 0.2) is 10.9 Å². The molecule has 4 nitrogen and oxygen atoms in total. The highest BCUT2D eigenvalue weighted by Gasteiger charge is 2.29. The Balaban J connectivity index is 1.22. The van der Waals surface area contributed by atoms with Crippen LogP contribution in [0.5, 0.6) is 0 Å². The zero-order valence-electron chi connectivity index (χ0n) is 33.2. The van der Waals surface area contributed by atoms with Crippen LogP contribution < -0.4 is 10.9 Å². The van der Waals surface area contributed by atoms with Gasteiger partial charge in [0.25, 0.3) is 0 Å². The summed E-state index contributed by atoms with van der Waals surface area (Å²) in [6, 6.07) is 33.6. The number of nitrogens with zero attached hydrogens (tertiary/aromatic N) is 2. The first kappa shape index (κ1) is 33.9. The highest BCUT2D eigenvalue weighted by molar-refractivity contribution is 6.16. The number of aromatic nitrogens is 2. The molecule has 0 amide bonds. The van der Waals surface area contributed by atoms with Crippen molar-refractivity contribution in [2.24, 2.45) is 0 Å². The third-order valence-electron chi connectivity index (χ3n) is 14.0. The van der Waals surface area contributed by atoms with Gasteiger partial charge in [-0.3, -0.25) is 9.59 Å². The highest BCUT2D eigenvalue weighted by atomic mass is 16.1. The van der Waals surface area contributed by atoms with Crippen molar-refractivity contribution in [1.82, 2.24) is 8.80 Å². The molecule has 0 spiro atoms. The Hall–Kier alpha value is -7.04. The number of hydrogen-bond donors (Lipinski definition) is 0. The standard InChI is InChI=1S/C56H40N2O2/c59-55-45-32-50-46(56(60)52-40(36-19-11-4-12-20-36)26-28-44-42-24-22-38(34-15-7-2-8-16-34)30-48(42)58(50)54(44)52)31-49(45)57-47-29-37(33-13-5-1-6-14-33)21-23-41(47)43-27-25-39(51(55)53(43)57)35-17-9-3-10-18-35/h1-5,7,9-13,15,17-20,25-32H,6,8,14,16,21-24H2. The van der Waals surface area contributed by atoms with Crippen molar-refractivity contribution in [2.45, 2.75) is 51.4 Å². The average molecular weight is 773 g/mol. The summed E-state index contributed by atoms with van der Waals surface area (Å²) in [5, 5.41) is 4.99. The maximum atomic E-state index is 15.5. The van der Waals surface area contributed by atoms with Gasteiger partial charge >= 0.3 is 0 Å². The van der Waals surface area contributed by atoms with Crippen LogP contribution in [-0.4, -0.2) is 8.80 Å². The average Bonchev–Trinajstić information content (AvgIpc) is 3.83. The third-order valence-corrected chi connectivity index (χ3v) is 14.0. The van der Waals surface area contributed by atoms with Gasteiger partial charge in [-0.1, -0.05) is 121 Å². The van der Waals surface area contributed by atoms with Crippen molar-refractivity contribution in [3.05, 3.63) is 199 Å². The summed E-state index contributed by atoms with van der Waals surface area (Å²) in [6.07, 6.45) is 26.0. The fraction of sp³-hybridized carbons (Fsp3) is 0.143. The molecule has 0 N–H and O–H groups in total. The van der Waals surface area contributed by atoms with E-state index in [1.165, 1.54) is 33.4 Å². The number of aryl methyl sites for hydroxylation is 2. The lowest BCUT2D eigenvalue weighted by Gasteiger charge is -2.19. The number of benzene rings is 5. The Labute approximate surface area is 346 Å². The van der Waals surface area contributed by atoms with Crippen LogP contribution in [0.2, 0.25) is 0 Å². The monoisotopic (exact) mass is 772 g/mol. The van der Waals surface area contributed by atoms with Gasteiger partial charge in [0.1, 0.15) is 0 Å². The lowest BCUT2D eigenvalue weighted by molar-refractivity contribution is 0.883. The van der Waals surface area contributed by atoms with E-state index in [1.54, 1.807) is 0 Å². The van der Waals surface area contributed by atoms with Crippen molar-refractivity contribution in [3.8, 4) is 22.3 Å². The van der Waals surface area contributed by atoms with Gasteiger partial charge in [-0.05, 0) is 131 Å². The van der Waals surface area contributed by atoms with Gasteiger partial charge in [0.05, 0.1) is 44.2 Å². The zero-order valence-corrected chi connectivity index (χ0v) is 33.2. The van der Waals surface area contributed by atoms with Gasteiger partial charge in [-0.15, -0.1) is 0 Å². The van der Waals surface area contributed by atoms with Crippen LogP contribution in [0.1, 0.15) is 61.0 Å². The molecule has 4 heteroatoms. The largest absolute Gasteiger partial charge is 0.308 e.